The number of carbonyl (C=O) groups is 2. The van der Waals surface area contributed by atoms with Crippen molar-refractivity contribution < 1.29 is 14.3 Å². The number of rotatable bonds is 5. The molecule has 1 amide bonds. The SMILES string of the molecule is O=C(CC1CCCN1C(=O)CC1CCOC1)c1ccccc1. The fraction of sp³-hybridized carbons (Fsp3) is 0.556. The van der Waals surface area contributed by atoms with E-state index in [9.17, 15) is 9.59 Å². The van der Waals surface area contributed by atoms with Gasteiger partial charge >= 0.3 is 0 Å². The molecule has 2 aliphatic heterocycles. The Morgan fingerprint density at radius 2 is 1.95 bits per heavy atom. The number of ether oxygens (including phenoxy) is 1. The number of benzene rings is 1. The van der Waals surface area contributed by atoms with E-state index < -0.39 is 0 Å². The Hall–Kier alpha value is -1.68. The minimum atomic E-state index is 0.0718. The van der Waals surface area contributed by atoms with Gasteiger partial charge in [-0.05, 0) is 25.2 Å². The van der Waals surface area contributed by atoms with Gasteiger partial charge in [0.25, 0.3) is 0 Å². The van der Waals surface area contributed by atoms with Crippen LogP contribution in [0.2, 0.25) is 0 Å². The monoisotopic (exact) mass is 301 g/mol. The van der Waals surface area contributed by atoms with Gasteiger partial charge in [0, 0.05) is 44.2 Å². The second-order valence-electron chi connectivity index (χ2n) is 6.31. The van der Waals surface area contributed by atoms with Gasteiger partial charge in [0.15, 0.2) is 5.78 Å². The summed E-state index contributed by atoms with van der Waals surface area (Å²) < 4.78 is 5.34. The van der Waals surface area contributed by atoms with E-state index in [1.807, 2.05) is 35.2 Å². The van der Waals surface area contributed by atoms with Crippen LogP contribution in [-0.4, -0.2) is 42.4 Å². The van der Waals surface area contributed by atoms with E-state index in [1.165, 1.54) is 0 Å². The molecule has 2 saturated heterocycles. The Balaban J connectivity index is 1.58. The smallest absolute Gasteiger partial charge is 0.223 e. The number of carbonyl (C=O) groups excluding carboxylic acids is 2. The average molecular weight is 301 g/mol. The zero-order valence-corrected chi connectivity index (χ0v) is 12.9. The van der Waals surface area contributed by atoms with Gasteiger partial charge in [-0.1, -0.05) is 30.3 Å². The highest BCUT2D eigenvalue weighted by Crippen LogP contribution is 2.25. The number of nitrogens with zero attached hydrogens (tertiary/aromatic N) is 1. The molecule has 22 heavy (non-hydrogen) atoms. The van der Waals surface area contributed by atoms with Gasteiger partial charge in [-0.2, -0.15) is 0 Å². The number of Topliss-reactive ketones (excluding diaryl/α,β-unsaturated/α-hetero) is 1. The lowest BCUT2D eigenvalue weighted by molar-refractivity contribution is -0.132. The van der Waals surface area contributed by atoms with Gasteiger partial charge in [0.2, 0.25) is 5.91 Å². The molecule has 4 nitrogen and oxygen atoms in total. The van der Waals surface area contributed by atoms with E-state index >= 15 is 0 Å². The minimum absolute atomic E-state index is 0.0718. The Labute approximate surface area is 131 Å². The van der Waals surface area contributed by atoms with Crippen LogP contribution in [0, 0.1) is 5.92 Å². The molecule has 2 atom stereocenters. The molecule has 4 heteroatoms. The molecule has 1 aromatic rings. The predicted molar refractivity (Wildman–Crippen MR) is 83.7 cm³/mol. The summed E-state index contributed by atoms with van der Waals surface area (Å²) in [6, 6.07) is 9.43. The first kappa shape index (κ1) is 15.2. The van der Waals surface area contributed by atoms with Crippen LogP contribution in [-0.2, 0) is 9.53 Å². The Kier molecular flexibility index (Phi) is 4.88. The maximum Gasteiger partial charge on any atom is 0.223 e. The minimum Gasteiger partial charge on any atom is -0.381 e. The van der Waals surface area contributed by atoms with Gasteiger partial charge < -0.3 is 9.64 Å². The average Bonchev–Trinajstić information content (AvgIpc) is 3.19. The van der Waals surface area contributed by atoms with Gasteiger partial charge in [-0.15, -0.1) is 0 Å². The number of hydrogen-bond donors (Lipinski definition) is 0. The van der Waals surface area contributed by atoms with Crippen LogP contribution in [0.3, 0.4) is 0 Å². The molecular weight excluding hydrogens is 278 g/mol. The highest BCUT2D eigenvalue weighted by molar-refractivity contribution is 5.96. The second kappa shape index (κ2) is 7.05. The first-order valence-electron chi connectivity index (χ1n) is 8.19. The van der Waals surface area contributed by atoms with Crippen molar-refractivity contribution in [3.8, 4) is 0 Å². The number of ketones is 1. The van der Waals surface area contributed by atoms with E-state index in [2.05, 4.69) is 0 Å². The molecule has 118 valence electrons. The van der Waals surface area contributed by atoms with Crippen LogP contribution in [0.4, 0.5) is 0 Å². The van der Waals surface area contributed by atoms with Gasteiger partial charge in [0.1, 0.15) is 0 Å². The Morgan fingerprint density at radius 3 is 2.68 bits per heavy atom. The zero-order valence-electron chi connectivity index (χ0n) is 12.9. The summed E-state index contributed by atoms with van der Waals surface area (Å²) in [7, 11) is 0. The third-order valence-electron chi connectivity index (χ3n) is 4.70. The lowest BCUT2D eigenvalue weighted by Gasteiger charge is -2.25. The Morgan fingerprint density at radius 1 is 1.14 bits per heavy atom. The number of likely N-dealkylation sites (tertiary alicyclic amines) is 1. The molecule has 0 saturated carbocycles. The van der Waals surface area contributed by atoms with Crippen LogP contribution in [0.25, 0.3) is 0 Å². The van der Waals surface area contributed by atoms with Crippen molar-refractivity contribution >= 4 is 11.7 Å². The summed E-state index contributed by atoms with van der Waals surface area (Å²) in [6.45, 7) is 2.26. The van der Waals surface area contributed by atoms with E-state index in [1.54, 1.807) is 0 Å². The van der Waals surface area contributed by atoms with Crippen molar-refractivity contribution in [2.75, 3.05) is 19.8 Å². The topological polar surface area (TPSA) is 46.6 Å². The highest BCUT2D eigenvalue weighted by Gasteiger charge is 2.32. The van der Waals surface area contributed by atoms with Crippen LogP contribution in [0.15, 0.2) is 30.3 Å². The first-order chi connectivity index (χ1) is 10.7. The molecule has 0 radical (unpaired) electrons. The van der Waals surface area contributed by atoms with Crippen LogP contribution in [0.5, 0.6) is 0 Å². The van der Waals surface area contributed by atoms with E-state index in [0.717, 1.165) is 38.0 Å². The lowest BCUT2D eigenvalue weighted by atomic mass is 10.0. The standard InChI is InChI=1S/C18H23NO3/c20-17(15-5-2-1-3-6-15)12-16-7-4-9-19(16)18(21)11-14-8-10-22-13-14/h1-3,5-6,14,16H,4,7-13H2. The summed E-state index contributed by atoms with van der Waals surface area (Å²) >= 11 is 0. The van der Waals surface area contributed by atoms with Gasteiger partial charge in [-0.3, -0.25) is 9.59 Å². The quantitative estimate of drug-likeness (QED) is 0.786. The molecule has 0 aromatic heterocycles. The Bertz CT molecular complexity index is 522. The molecule has 0 aliphatic carbocycles. The molecule has 0 N–H and O–H groups in total. The highest BCUT2D eigenvalue weighted by atomic mass is 16.5. The predicted octanol–water partition coefficient (Wildman–Crippen LogP) is 2.68. The van der Waals surface area contributed by atoms with E-state index in [-0.39, 0.29) is 17.7 Å². The maximum absolute atomic E-state index is 12.5. The van der Waals surface area contributed by atoms with Crippen LogP contribution in [0.1, 0.15) is 42.5 Å². The zero-order chi connectivity index (χ0) is 15.4. The fourth-order valence-corrected chi connectivity index (χ4v) is 3.44. The largest absolute Gasteiger partial charge is 0.381 e. The van der Waals surface area contributed by atoms with Crippen molar-refractivity contribution in [2.24, 2.45) is 5.92 Å². The van der Waals surface area contributed by atoms with E-state index in [0.29, 0.717) is 25.4 Å². The molecular formula is C18H23NO3. The van der Waals surface area contributed by atoms with Gasteiger partial charge in [0.05, 0.1) is 0 Å². The summed E-state index contributed by atoms with van der Waals surface area (Å²) in [6.07, 6.45) is 3.92. The van der Waals surface area contributed by atoms with E-state index in [4.69, 9.17) is 4.74 Å². The molecule has 0 spiro atoms. The van der Waals surface area contributed by atoms with Crippen molar-refractivity contribution in [3.63, 3.8) is 0 Å². The molecule has 2 aliphatic rings. The molecule has 3 rings (SSSR count). The third-order valence-corrected chi connectivity index (χ3v) is 4.70. The maximum atomic E-state index is 12.5. The third kappa shape index (κ3) is 3.55. The van der Waals surface area contributed by atoms with Crippen molar-refractivity contribution in [1.29, 1.82) is 0 Å². The summed E-state index contributed by atoms with van der Waals surface area (Å²) in [5.41, 5.74) is 0.742. The van der Waals surface area contributed by atoms with Crippen LogP contribution >= 0.6 is 0 Å². The summed E-state index contributed by atoms with van der Waals surface area (Å²) in [5, 5.41) is 0. The lowest BCUT2D eigenvalue weighted by Crippen LogP contribution is -2.37. The second-order valence-corrected chi connectivity index (χ2v) is 6.31. The van der Waals surface area contributed by atoms with Crippen molar-refractivity contribution in [1.82, 2.24) is 4.90 Å². The fourth-order valence-electron chi connectivity index (χ4n) is 3.44. The molecule has 2 unspecified atom stereocenters. The molecule has 0 bridgehead atoms. The number of amides is 1. The number of hydrogen-bond acceptors (Lipinski definition) is 3. The van der Waals surface area contributed by atoms with Crippen molar-refractivity contribution in [3.05, 3.63) is 35.9 Å². The van der Waals surface area contributed by atoms with Crippen LogP contribution < -0.4 is 0 Å². The molecule has 2 heterocycles. The van der Waals surface area contributed by atoms with Gasteiger partial charge in [-0.25, -0.2) is 0 Å². The summed E-state index contributed by atoms with van der Waals surface area (Å²) in [4.78, 5) is 26.8. The van der Waals surface area contributed by atoms with Crippen molar-refractivity contribution in [2.45, 2.75) is 38.1 Å². The summed E-state index contributed by atoms with van der Waals surface area (Å²) in [5.74, 6) is 0.687. The normalized spacial score (nSPS) is 24.6. The molecule has 1 aromatic carbocycles. The first-order valence-corrected chi connectivity index (χ1v) is 8.19. The molecule has 2 fully saturated rings.